The van der Waals surface area contributed by atoms with Gasteiger partial charge in [0.25, 0.3) is 0 Å². The quantitative estimate of drug-likeness (QED) is 0.600. The highest BCUT2D eigenvalue weighted by molar-refractivity contribution is 5.75. The topological polar surface area (TPSA) is 56.8 Å². The first-order chi connectivity index (χ1) is 13.1. The second kappa shape index (κ2) is 11.1. The molecule has 0 saturated carbocycles. The van der Waals surface area contributed by atoms with Crippen LogP contribution in [0.3, 0.4) is 0 Å². The van der Waals surface area contributed by atoms with Crippen molar-refractivity contribution in [3.8, 4) is 17.2 Å². The second-order valence-corrected chi connectivity index (χ2v) is 6.38. The van der Waals surface area contributed by atoms with E-state index in [1.54, 1.807) is 7.11 Å². The molecule has 0 aliphatic rings. The van der Waals surface area contributed by atoms with Crippen LogP contribution in [0.2, 0.25) is 0 Å². The normalized spacial score (nSPS) is 10.3. The number of hydrogen-bond acceptors (Lipinski definition) is 4. The van der Waals surface area contributed by atoms with Gasteiger partial charge in [-0.1, -0.05) is 25.1 Å². The molecule has 27 heavy (non-hydrogen) atoms. The summed E-state index contributed by atoms with van der Waals surface area (Å²) in [6, 6.07) is 13.6. The zero-order valence-corrected chi connectivity index (χ0v) is 16.4. The van der Waals surface area contributed by atoms with Crippen molar-refractivity contribution in [1.82, 2.24) is 5.32 Å². The van der Waals surface area contributed by atoms with Crippen molar-refractivity contribution in [2.24, 2.45) is 0 Å². The van der Waals surface area contributed by atoms with Gasteiger partial charge in [-0.25, -0.2) is 0 Å². The molecule has 1 amide bonds. The number of carbonyl (C=O) groups excluding carboxylic acids is 1. The van der Waals surface area contributed by atoms with Crippen LogP contribution < -0.4 is 19.5 Å². The van der Waals surface area contributed by atoms with Gasteiger partial charge in [0.2, 0.25) is 5.91 Å². The lowest BCUT2D eigenvalue weighted by atomic mass is 10.2. The number of benzene rings is 2. The SMILES string of the molecule is CCCOc1ccc(CNC(=O)CCCOc2cccc(C)c2)cc1OC. The smallest absolute Gasteiger partial charge is 0.220 e. The molecule has 0 atom stereocenters. The molecule has 0 aromatic heterocycles. The fourth-order valence-corrected chi connectivity index (χ4v) is 2.57. The van der Waals surface area contributed by atoms with E-state index in [4.69, 9.17) is 14.2 Å². The first kappa shape index (κ1) is 20.6. The largest absolute Gasteiger partial charge is 0.494 e. The van der Waals surface area contributed by atoms with Crippen LogP contribution in [0, 0.1) is 6.92 Å². The molecule has 0 aliphatic heterocycles. The molecule has 0 unspecified atom stereocenters. The van der Waals surface area contributed by atoms with Gasteiger partial charge in [0.15, 0.2) is 11.5 Å². The highest BCUT2D eigenvalue weighted by atomic mass is 16.5. The summed E-state index contributed by atoms with van der Waals surface area (Å²) in [5, 5.41) is 2.93. The minimum Gasteiger partial charge on any atom is -0.494 e. The number of ether oxygens (including phenoxy) is 3. The highest BCUT2D eigenvalue weighted by Gasteiger charge is 2.07. The monoisotopic (exact) mass is 371 g/mol. The van der Waals surface area contributed by atoms with E-state index in [0.29, 0.717) is 38.3 Å². The molecule has 0 spiro atoms. The Morgan fingerprint density at radius 3 is 2.63 bits per heavy atom. The van der Waals surface area contributed by atoms with Crippen molar-refractivity contribution in [3.05, 3.63) is 53.6 Å². The van der Waals surface area contributed by atoms with E-state index in [2.05, 4.69) is 12.2 Å². The minimum atomic E-state index is 0.00752. The fourth-order valence-electron chi connectivity index (χ4n) is 2.57. The number of nitrogens with one attached hydrogen (secondary N) is 1. The minimum absolute atomic E-state index is 0.00752. The molecule has 146 valence electrons. The average molecular weight is 371 g/mol. The Morgan fingerprint density at radius 2 is 1.89 bits per heavy atom. The lowest BCUT2D eigenvalue weighted by Crippen LogP contribution is -2.23. The summed E-state index contributed by atoms with van der Waals surface area (Å²) in [6.07, 6.45) is 2.04. The van der Waals surface area contributed by atoms with Crippen LogP contribution in [0.25, 0.3) is 0 Å². The summed E-state index contributed by atoms with van der Waals surface area (Å²) in [5.74, 6) is 2.26. The molecule has 0 fully saturated rings. The van der Waals surface area contributed by atoms with Gasteiger partial charge in [-0.05, 0) is 55.2 Å². The van der Waals surface area contributed by atoms with Crippen molar-refractivity contribution in [1.29, 1.82) is 0 Å². The van der Waals surface area contributed by atoms with Crippen LogP contribution in [0.1, 0.15) is 37.3 Å². The Labute approximate surface area is 161 Å². The van der Waals surface area contributed by atoms with Crippen molar-refractivity contribution in [3.63, 3.8) is 0 Å². The van der Waals surface area contributed by atoms with Gasteiger partial charge in [-0.2, -0.15) is 0 Å². The van der Waals surface area contributed by atoms with E-state index in [-0.39, 0.29) is 5.91 Å². The summed E-state index contributed by atoms with van der Waals surface area (Å²) < 4.78 is 16.7. The van der Waals surface area contributed by atoms with E-state index >= 15 is 0 Å². The van der Waals surface area contributed by atoms with Gasteiger partial charge in [-0.3, -0.25) is 4.79 Å². The van der Waals surface area contributed by atoms with Gasteiger partial charge in [-0.15, -0.1) is 0 Å². The van der Waals surface area contributed by atoms with Gasteiger partial charge in [0, 0.05) is 13.0 Å². The van der Waals surface area contributed by atoms with Gasteiger partial charge >= 0.3 is 0 Å². The molecule has 5 heteroatoms. The molecule has 0 heterocycles. The predicted molar refractivity (Wildman–Crippen MR) is 107 cm³/mol. The Morgan fingerprint density at radius 1 is 1.04 bits per heavy atom. The third-order valence-electron chi connectivity index (χ3n) is 3.99. The first-order valence-electron chi connectivity index (χ1n) is 9.38. The molecule has 0 saturated heterocycles. The van der Waals surface area contributed by atoms with Crippen molar-refractivity contribution in [2.45, 2.75) is 39.7 Å². The zero-order chi connectivity index (χ0) is 19.5. The molecule has 5 nitrogen and oxygen atoms in total. The molecular formula is C22H29NO4. The van der Waals surface area contributed by atoms with Crippen LogP contribution in [-0.4, -0.2) is 26.2 Å². The van der Waals surface area contributed by atoms with E-state index in [1.165, 1.54) is 0 Å². The molecule has 0 radical (unpaired) electrons. The molecule has 0 aliphatic carbocycles. The summed E-state index contributed by atoms with van der Waals surface area (Å²) in [7, 11) is 1.62. The maximum atomic E-state index is 12.0. The lowest BCUT2D eigenvalue weighted by molar-refractivity contribution is -0.121. The third kappa shape index (κ3) is 7.21. The Bertz CT molecular complexity index is 730. The van der Waals surface area contributed by atoms with Crippen molar-refractivity contribution in [2.75, 3.05) is 20.3 Å². The molecule has 2 aromatic rings. The number of aryl methyl sites for hydroxylation is 1. The zero-order valence-electron chi connectivity index (χ0n) is 16.4. The Balaban J connectivity index is 1.71. The van der Waals surface area contributed by atoms with Crippen LogP contribution in [0.5, 0.6) is 17.2 Å². The molecule has 2 aromatic carbocycles. The van der Waals surface area contributed by atoms with Crippen molar-refractivity contribution < 1.29 is 19.0 Å². The number of methoxy groups -OCH3 is 1. The van der Waals surface area contributed by atoms with Gasteiger partial charge in [0.1, 0.15) is 5.75 Å². The predicted octanol–water partition coefficient (Wildman–Crippen LogP) is 4.27. The number of carbonyl (C=O) groups is 1. The Hall–Kier alpha value is -2.69. The summed E-state index contributed by atoms with van der Waals surface area (Å²) in [5.41, 5.74) is 2.13. The fraction of sp³-hybridized carbons (Fsp3) is 0.409. The summed E-state index contributed by atoms with van der Waals surface area (Å²) in [4.78, 5) is 12.0. The van der Waals surface area contributed by atoms with E-state index in [1.807, 2.05) is 49.4 Å². The van der Waals surface area contributed by atoms with E-state index in [0.717, 1.165) is 29.0 Å². The average Bonchev–Trinajstić information content (AvgIpc) is 2.68. The summed E-state index contributed by atoms with van der Waals surface area (Å²) >= 11 is 0. The maximum Gasteiger partial charge on any atom is 0.220 e. The maximum absolute atomic E-state index is 12.0. The molecular weight excluding hydrogens is 342 g/mol. The van der Waals surface area contributed by atoms with Gasteiger partial charge < -0.3 is 19.5 Å². The molecule has 0 bridgehead atoms. The Kier molecular flexibility index (Phi) is 8.49. The molecule has 2 rings (SSSR count). The van der Waals surface area contributed by atoms with Crippen LogP contribution in [-0.2, 0) is 11.3 Å². The van der Waals surface area contributed by atoms with Crippen LogP contribution in [0.15, 0.2) is 42.5 Å². The molecule has 1 N–H and O–H groups in total. The number of amides is 1. The van der Waals surface area contributed by atoms with Gasteiger partial charge in [0.05, 0.1) is 20.3 Å². The number of rotatable bonds is 11. The summed E-state index contributed by atoms with van der Waals surface area (Å²) in [6.45, 7) is 5.72. The lowest BCUT2D eigenvalue weighted by Gasteiger charge is -2.12. The van der Waals surface area contributed by atoms with E-state index in [9.17, 15) is 4.79 Å². The van der Waals surface area contributed by atoms with Crippen LogP contribution in [0.4, 0.5) is 0 Å². The highest BCUT2D eigenvalue weighted by Crippen LogP contribution is 2.28. The first-order valence-corrected chi connectivity index (χ1v) is 9.38. The number of hydrogen-bond donors (Lipinski definition) is 1. The standard InChI is InChI=1S/C22H29NO4/c1-4-12-27-20-11-10-18(15-21(20)25-3)16-23-22(24)9-6-13-26-19-8-5-7-17(2)14-19/h5,7-8,10-11,14-15H,4,6,9,12-13,16H2,1-3H3,(H,23,24). The second-order valence-electron chi connectivity index (χ2n) is 6.38. The van der Waals surface area contributed by atoms with Crippen LogP contribution >= 0.6 is 0 Å². The van der Waals surface area contributed by atoms with Crippen molar-refractivity contribution >= 4 is 5.91 Å². The third-order valence-corrected chi connectivity index (χ3v) is 3.99. The van der Waals surface area contributed by atoms with E-state index < -0.39 is 0 Å².